The van der Waals surface area contributed by atoms with Gasteiger partial charge in [-0.3, -0.25) is 14.8 Å². The predicted molar refractivity (Wildman–Crippen MR) is 52.0 cm³/mol. The van der Waals surface area contributed by atoms with Crippen LogP contribution in [0.1, 0.15) is 13.3 Å². The molecule has 0 aliphatic carbocycles. The first kappa shape index (κ1) is 10.6. The molecule has 1 heterocycles. The van der Waals surface area contributed by atoms with Crippen molar-refractivity contribution in [3.8, 4) is 0 Å². The summed E-state index contributed by atoms with van der Waals surface area (Å²) in [6.07, 6.45) is 3.64. The monoisotopic (exact) mass is 198 g/mol. The average Bonchev–Trinajstić information content (AvgIpc) is 2.61. The van der Waals surface area contributed by atoms with Crippen molar-refractivity contribution in [2.45, 2.75) is 19.9 Å². The smallest absolute Gasteiger partial charge is 0.306 e. The number of nitro groups is 1. The lowest BCUT2D eigenvalue weighted by Crippen LogP contribution is -2.16. The van der Waals surface area contributed by atoms with Gasteiger partial charge >= 0.3 is 5.69 Å². The van der Waals surface area contributed by atoms with Crippen LogP contribution in [0.2, 0.25) is 0 Å². The lowest BCUT2D eigenvalue weighted by molar-refractivity contribution is -0.385. The van der Waals surface area contributed by atoms with E-state index in [1.165, 1.54) is 12.4 Å². The Hall–Kier alpha value is -1.43. The molecule has 14 heavy (non-hydrogen) atoms. The molecule has 6 nitrogen and oxygen atoms in total. The van der Waals surface area contributed by atoms with Crippen molar-refractivity contribution in [2.75, 3.05) is 13.1 Å². The molecule has 78 valence electrons. The number of hydrogen-bond acceptors (Lipinski definition) is 4. The van der Waals surface area contributed by atoms with Crippen LogP contribution in [0.3, 0.4) is 0 Å². The summed E-state index contributed by atoms with van der Waals surface area (Å²) in [7, 11) is 0. The van der Waals surface area contributed by atoms with Gasteiger partial charge in [-0.1, -0.05) is 6.92 Å². The molecule has 0 saturated heterocycles. The molecule has 1 aromatic rings. The number of rotatable bonds is 6. The number of nitrogens with zero attached hydrogens (tertiary/aromatic N) is 3. The third kappa shape index (κ3) is 3.14. The lowest BCUT2D eigenvalue weighted by Gasteiger charge is -2.00. The number of nitrogens with one attached hydrogen (secondary N) is 1. The molecule has 0 saturated carbocycles. The first-order valence-corrected chi connectivity index (χ1v) is 4.61. The molecule has 0 spiro atoms. The first-order chi connectivity index (χ1) is 6.74. The van der Waals surface area contributed by atoms with Gasteiger partial charge in [-0.25, -0.2) is 0 Å². The maximum absolute atomic E-state index is 10.3. The Labute approximate surface area is 82.1 Å². The quantitative estimate of drug-likeness (QED) is 0.416. The van der Waals surface area contributed by atoms with Crippen molar-refractivity contribution < 1.29 is 4.92 Å². The third-order valence-electron chi connectivity index (χ3n) is 1.82. The Morgan fingerprint density at radius 3 is 3.07 bits per heavy atom. The predicted octanol–water partition coefficient (Wildman–Crippen LogP) is 0.791. The van der Waals surface area contributed by atoms with Crippen molar-refractivity contribution in [1.82, 2.24) is 15.1 Å². The van der Waals surface area contributed by atoms with Crippen LogP contribution in [0, 0.1) is 10.1 Å². The minimum absolute atomic E-state index is 0.0495. The molecule has 0 bridgehead atoms. The van der Waals surface area contributed by atoms with Gasteiger partial charge in [-0.15, -0.1) is 0 Å². The van der Waals surface area contributed by atoms with Crippen molar-refractivity contribution in [3.63, 3.8) is 0 Å². The van der Waals surface area contributed by atoms with Crippen LogP contribution in [0.5, 0.6) is 0 Å². The summed E-state index contributed by atoms with van der Waals surface area (Å²) in [5, 5.41) is 17.4. The highest BCUT2D eigenvalue weighted by atomic mass is 16.6. The van der Waals surface area contributed by atoms with Crippen molar-refractivity contribution >= 4 is 5.69 Å². The zero-order valence-corrected chi connectivity index (χ0v) is 8.14. The van der Waals surface area contributed by atoms with E-state index in [-0.39, 0.29) is 5.69 Å². The van der Waals surface area contributed by atoms with Gasteiger partial charge in [0.15, 0.2) is 0 Å². The van der Waals surface area contributed by atoms with Crippen LogP contribution in [-0.4, -0.2) is 27.8 Å². The minimum Gasteiger partial charge on any atom is -0.317 e. The molecular formula is C8H14N4O2. The molecule has 0 amide bonds. The molecule has 6 heteroatoms. The Bertz CT molecular complexity index is 297. The summed E-state index contributed by atoms with van der Waals surface area (Å²) >= 11 is 0. The number of aromatic nitrogens is 2. The molecule has 1 N–H and O–H groups in total. The van der Waals surface area contributed by atoms with E-state index in [2.05, 4.69) is 10.4 Å². The molecule has 0 aliphatic heterocycles. The van der Waals surface area contributed by atoms with E-state index < -0.39 is 4.92 Å². The van der Waals surface area contributed by atoms with Gasteiger partial charge in [0.05, 0.1) is 4.92 Å². The van der Waals surface area contributed by atoms with E-state index >= 15 is 0 Å². The average molecular weight is 198 g/mol. The summed E-state index contributed by atoms with van der Waals surface area (Å²) in [4.78, 5) is 9.89. The Kier molecular flexibility index (Phi) is 4.06. The third-order valence-corrected chi connectivity index (χ3v) is 1.82. The molecule has 1 rings (SSSR count). The van der Waals surface area contributed by atoms with Crippen LogP contribution in [-0.2, 0) is 6.54 Å². The van der Waals surface area contributed by atoms with E-state index in [9.17, 15) is 10.1 Å². The first-order valence-electron chi connectivity index (χ1n) is 4.61. The number of hydrogen-bond donors (Lipinski definition) is 1. The second-order valence-corrected chi connectivity index (χ2v) is 2.93. The maximum Gasteiger partial charge on any atom is 0.306 e. The molecule has 1 aromatic heterocycles. The van der Waals surface area contributed by atoms with Gasteiger partial charge < -0.3 is 5.32 Å². The van der Waals surface area contributed by atoms with Crippen LogP contribution in [0.15, 0.2) is 12.4 Å². The van der Waals surface area contributed by atoms with Gasteiger partial charge in [-0.2, -0.15) is 5.10 Å². The normalized spacial score (nSPS) is 10.4. The molecule has 0 aromatic carbocycles. The zero-order chi connectivity index (χ0) is 10.4. The highest BCUT2D eigenvalue weighted by molar-refractivity contribution is 5.20. The highest BCUT2D eigenvalue weighted by Crippen LogP contribution is 2.07. The van der Waals surface area contributed by atoms with Crippen LogP contribution in [0.4, 0.5) is 5.69 Å². The summed E-state index contributed by atoms with van der Waals surface area (Å²) in [6, 6.07) is 0. The molecule has 0 radical (unpaired) electrons. The molecule has 0 aliphatic rings. The van der Waals surface area contributed by atoms with Gasteiger partial charge in [-0.05, 0) is 19.5 Å². The Morgan fingerprint density at radius 1 is 1.71 bits per heavy atom. The molecule has 0 unspecified atom stereocenters. The maximum atomic E-state index is 10.3. The second kappa shape index (κ2) is 5.33. The van der Waals surface area contributed by atoms with E-state index in [1.54, 1.807) is 4.68 Å². The topological polar surface area (TPSA) is 73.0 Å². The SMILES string of the molecule is CCNCCCn1cc([N+](=O)[O-])cn1. The van der Waals surface area contributed by atoms with Crippen LogP contribution < -0.4 is 5.32 Å². The van der Waals surface area contributed by atoms with Gasteiger partial charge in [0, 0.05) is 6.54 Å². The van der Waals surface area contributed by atoms with Crippen molar-refractivity contribution in [3.05, 3.63) is 22.5 Å². The summed E-state index contributed by atoms with van der Waals surface area (Å²) < 4.78 is 1.59. The van der Waals surface area contributed by atoms with E-state index in [0.717, 1.165) is 19.5 Å². The number of aryl methyl sites for hydroxylation is 1. The lowest BCUT2D eigenvalue weighted by atomic mass is 10.4. The van der Waals surface area contributed by atoms with E-state index in [1.807, 2.05) is 6.92 Å². The van der Waals surface area contributed by atoms with Crippen LogP contribution >= 0.6 is 0 Å². The Balaban J connectivity index is 2.33. The molecule has 0 fully saturated rings. The van der Waals surface area contributed by atoms with Gasteiger partial charge in [0.25, 0.3) is 0 Å². The summed E-state index contributed by atoms with van der Waals surface area (Å²) in [5.74, 6) is 0. The van der Waals surface area contributed by atoms with E-state index in [4.69, 9.17) is 0 Å². The van der Waals surface area contributed by atoms with Gasteiger partial charge in [0.2, 0.25) is 0 Å². The van der Waals surface area contributed by atoms with Crippen molar-refractivity contribution in [1.29, 1.82) is 0 Å². The Morgan fingerprint density at radius 2 is 2.50 bits per heavy atom. The fourth-order valence-corrected chi connectivity index (χ4v) is 1.11. The zero-order valence-electron chi connectivity index (χ0n) is 8.14. The van der Waals surface area contributed by atoms with Crippen LogP contribution in [0.25, 0.3) is 0 Å². The molecular weight excluding hydrogens is 184 g/mol. The fraction of sp³-hybridized carbons (Fsp3) is 0.625. The highest BCUT2D eigenvalue weighted by Gasteiger charge is 2.07. The fourth-order valence-electron chi connectivity index (χ4n) is 1.11. The van der Waals surface area contributed by atoms with Crippen molar-refractivity contribution in [2.24, 2.45) is 0 Å². The molecule has 0 atom stereocenters. The minimum atomic E-state index is -0.437. The largest absolute Gasteiger partial charge is 0.317 e. The standard InChI is InChI=1S/C8H14N4O2/c1-2-9-4-3-5-11-7-8(6-10-11)12(13)14/h6-7,9H,2-5H2,1H3. The van der Waals surface area contributed by atoms with Gasteiger partial charge in [0.1, 0.15) is 12.4 Å². The van der Waals surface area contributed by atoms with E-state index in [0.29, 0.717) is 6.54 Å². The summed E-state index contributed by atoms with van der Waals surface area (Å²) in [6.45, 7) is 4.60. The summed E-state index contributed by atoms with van der Waals surface area (Å²) in [5.41, 5.74) is 0.0495. The second-order valence-electron chi connectivity index (χ2n) is 2.93.